The van der Waals surface area contributed by atoms with Gasteiger partial charge >= 0.3 is 5.97 Å². The summed E-state index contributed by atoms with van der Waals surface area (Å²) >= 11 is 0. The number of esters is 1. The van der Waals surface area contributed by atoms with Gasteiger partial charge in [-0.25, -0.2) is 4.79 Å². The maximum absolute atomic E-state index is 13.2. The molecule has 0 amide bonds. The normalized spacial score (nSPS) is 29.3. The summed E-state index contributed by atoms with van der Waals surface area (Å²) < 4.78 is 17.5. The molecule has 1 aliphatic carbocycles. The number of benzene rings is 1. The van der Waals surface area contributed by atoms with E-state index in [4.69, 9.17) is 14.2 Å². The van der Waals surface area contributed by atoms with E-state index in [2.05, 4.69) is 30.0 Å². The summed E-state index contributed by atoms with van der Waals surface area (Å²) in [7, 11) is 0. The highest BCUT2D eigenvalue weighted by Gasteiger charge is 2.57. The number of carbonyl (C=O) groups is 1. The minimum Gasteiger partial charge on any atom is -0.455 e. The molecular weight excluding hydrogens is 418 g/mol. The molecule has 3 aliphatic heterocycles. The minimum atomic E-state index is -1.53. The van der Waals surface area contributed by atoms with Crippen LogP contribution < -0.4 is 9.47 Å². The van der Waals surface area contributed by atoms with Crippen molar-refractivity contribution in [3.05, 3.63) is 46.6 Å². The van der Waals surface area contributed by atoms with Crippen molar-refractivity contribution in [2.45, 2.75) is 83.0 Å². The Kier molecular flexibility index (Phi) is 5.57. The third-order valence-electron chi connectivity index (χ3n) is 7.84. The first-order valence-electron chi connectivity index (χ1n) is 12.1. The quantitative estimate of drug-likeness (QED) is 0.531. The van der Waals surface area contributed by atoms with Gasteiger partial charge in [0.25, 0.3) is 0 Å². The molecule has 178 valence electrons. The molecule has 4 aliphatic rings. The van der Waals surface area contributed by atoms with Gasteiger partial charge in [-0.05, 0) is 95.2 Å². The molecule has 1 spiro atoms. The van der Waals surface area contributed by atoms with Crippen LogP contribution in [0.15, 0.2) is 35.4 Å². The second kappa shape index (κ2) is 8.17. The SMILES string of the molecule is CC(C)=CCCC(C)(O)C(=O)OC1C(C)=C[C@]23CCCN2CCc2cc4c(cc2[C@H]13)OCO4. The second-order valence-electron chi connectivity index (χ2n) is 10.5. The fourth-order valence-electron chi connectivity index (χ4n) is 6.19. The van der Waals surface area contributed by atoms with Crippen LogP contribution in [0, 0.1) is 0 Å². The highest BCUT2D eigenvalue weighted by atomic mass is 16.7. The van der Waals surface area contributed by atoms with Gasteiger partial charge in [0.15, 0.2) is 17.1 Å². The number of carbonyl (C=O) groups excluding carboxylic acids is 1. The predicted molar refractivity (Wildman–Crippen MR) is 125 cm³/mol. The molecule has 1 saturated heterocycles. The summed E-state index contributed by atoms with van der Waals surface area (Å²) in [4.78, 5) is 15.8. The molecule has 0 aromatic heterocycles. The van der Waals surface area contributed by atoms with E-state index in [1.165, 1.54) is 16.7 Å². The fourth-order valence-corrected chi connectivity index (χ4v) is 6.19. The number of ether oxygens (including phenoxy) is 3. The Morgan fingerprint density at radius 1 is 1.30 bits per heavy atom. The van der Waals surface area contributed by atoms with Crippen LogP contribution in [0.1, 0.15) is 70.4 Å². The molecule has 4 atom stereocenters. The maximum atomic E-state index is 13.2. The van der Waals surface area contributed by atoms with Gasteiger partial charge < -0.3 is 19.3 Å². The first kappa shape index (κ1) is 22.5. The average Bonchev–Trinajstić information content (AvgIpc) is 3.41. The van der Waals surface area contributed by atoms with Gasteiger partial charge in [0.1, 0.15) is 6.10 Å². The monoisotopic (exact) mass is 453 g/mol. The van der Waals surface area contributed by atoms with Crippen molar-refractivity contribution >= 4 is 5.97 Å². The van der Waals surface area contributed by atoms with Crippen molar-refractivity contribution in [3.8, 4) is 11.5 Å². The van der Waals surface area contributed by atoms with Gasteiger partial charge in [-0.1, -0.05) is 17.7 Å². The molecule has 0 saturated carbocycles. The van der Waals surface area contributed by atoms with Crippen LogP contribution in [0.2, 0.25) is 0 Å². The van der Waals surface area contributed by atoms with Crippen LogP contribution in [0.3, 0.4) is 0 Å². The lowest BCUT2D eigenvalue weighted by molar-refractivity contribution is -0.169. The lowest BCUT2D eigenvalue weighted by Crippen LogP contribution is -2.48. The smallest absolute Gasteiger partial charge is 0.338 e. The Labute approximate surface area is 196 Å². The number of aliphatic hydroxyl groups is 1. The van der Waals surface area contributed by atoms with Crippen LogP contribution in [-0.2, 0) is 16.0 Å². The van der Waals surface area contributed by atoms with E-state index in [-0.39, 0.29) is 18.2 Å². The zero-order valence-electron chi connectivity index (χ0n) is 20.1. The van der Waals surface area contributed by atoms with E-state index in [0.29, 0.717) is 12.8 Å². The number of rotatable bonds is 5. The zero-order chi connectivity index (χ0) is 23.4. The van der Waals surface area contributed by atoms with Gasteiger partial charge in [-0.2, -0.15) is 0 Å². The molecule has 2 unspecified atom stereocenters. The van der Waals surface area contributed by atoms with E-state index >= 15 is 0 Å². The van der Waals surface area contributed by atoms with Crippen molar-refractivity contribution < 1.29 is 24.1 Å². The number of fused-ring (bicyclic) bond motifs is 3. The topological polar surface area (TPSA) is 68.2 Å². The largest absolute Gasteiger partial charge is 0.455 e. The Bertz CT molecular complexity index is 1020. The molecule has 0 bridgehead atoms. The van der Waals surface area contributed by atoms with Crippen LogP contribution in [-0.4, -0.2) is 53.1 Å². The second-order valence-corrected chi connectivity index (χ2v) is 10.5. The Balaban J connectivity index is 1.49. The molecule has 5 rings (SSSR count). The molecule has 6 heteroatoms. The fraction of sp³-hybridized carbons (Fsp3) is 0.593. The van der Waals surface area contributed by atoms with E-state index in [1.807, 2.05) is 19.9 Å². The summed E-state index contributed by atoms with van der Waals surface area (Å²) in [5, 5.41) is 10.9. The standard InChI is InChI=1S/C27H35NO5/c1-17(2)7-5-9-26(4,30)25(29)33-24-18(3)15-27-10-6-11-28(27)12-8-19-13-21-22(32-16-31-21)14-20(19)23(24)27/h7,13-15,23-24,30H,5-6,8-12,16H2,1-4H3/t23-,24?,26?,27+/m1/s1. The summed E-state index contributed by atoms with van der Waals surface area (Å²) in [5.74, 6) is 0.988. The third kappa shape index (κ3) is 3.77. The van der Waals surface area contributed by atoms with Crippen molar-refractivity contribution in [3.63, 3.8) is 0 Å². The summed E-state index contributed by atoms with van der Waals surface area (Å²) in [6.45, 7) is 9.91. The van der Waals surface area contributed by atoms with E-state index in [1.54, 1.807) is 6.92 Å². The van der Waals surface area contributed by atoms with Crippen molar-refractivity contribution in [2.24, 2.45) is 0 Å². The highest BCUT2D eigenvalue weighted by molar-refractivity contribution is 5.79. The molecular formula is C27H35NO5. The van der Waals surface area contributed by atoms with Gasteiger partial charge in [0.05, 0.1) is 5.54 Å². The van der Waals surface area contributed by atoms with Crippen LogP contribution in [0.4, 0.5) is 0 Å². The molecule has 1 aromatic rings. The van der Waals surface area contributed by atoms with Crippen LogP contribution >= 0.6 is 0 Å². The van der Waals surface area contributed by atoms with E-state index in [9.17, 15) is 9.90 Å². The average molecular weight is 454 g/mol. The molecule has 1 N–H and O–H groups in total. The maximum Gasteiger partial charge on any atom is 0.338 e. The lowest BCUT2D eigenvalue weighted by atomic mass is 9.77. The van der Waals surface area contributed by atoms with Gasteiger partial charge in [0, 0.05) is 12.5 Å². The minimum absolute atomic E-state index is 0.0236. The van der Waals surface area contributed by atoms with Crippen molar-refractivity contribution in [1.82, 2.24) is 4.90 Å². The lowest BCUT2D eigenvalue weighted by Gasteiger charge is -2.40. The summed E-state index contributed by atoms with van der Waals surface area (Å²) in [5.41, 5.74) is 2.95. The molecule has 0 radical (unpaired) electrons. The first-order chi connectivity index (χ1) is 15.7. The van der Waals surface area contributed by atoms with Crippen molar-refractivity contribution in [1.29, 1.82) is 0 Å². The van der Waals surface area contributed by atoms with Gasteiger partial charge in [0.2, 0.25) is 6.79 Å². The van der Waals surface area contributed by atoms with Crippen LogP contribution in [0.25, 0.3) is 0 Å². The first-order valence-corrected chi connectivity index (χ1v) is 12.1. The van der Waals surface area contributed by atoms with E-state index in [0.717, 1.165) is 49.4 Å². The molecule has 1 fully saturated rings. The van der Waals surface area contributed by atoms with E-state index < -0.39 is 17.7 Å². The van der Waals surface area contributed by atoms with Gasteiger partial charge in [-0.3, -0.25) is 4.90 Å². The highest BCUT2D eigenvalue weighted by Crippen LogP contribution is 2.55. The summed E-state index contributed by atoms with van der Waals surface area (Å²) in [6, 6.07) is 4.21. The number of hydrogen-bond acceptors (Lipinski definition) is 6. The van der Waals surface area contributed by atoms with Gasteiger partial charge in [-0.15, -0.1) is 0 Å². The van der Waals surface area contributed by atoms with Crippen LogP contribution in [0.5, 0.6) is 11.5 Å². The Morgan fingerprint density at radius 3 is 2.82 bits per heavy atom. The molecule has 3 heterocycles. The molecule has 6 nitrogen and oxygen atoms in total. The summed E-state index contributed by atoms with van der Waals surface area (Å²) in [6.07, 6.45) is 8.03. The number of nitrogens with zero attached hydrogens (tertiary/aromatic N) is 1. The van der Waals surface area contributed by atoms with Crippen molar-refractivity contribution in [2.75, 3.05) is 19.9 Å². The Morgan fingerprint density at radius 2 is 2.06 bits per heavy atom. The molecule has 33 heavy (non-hydrogen) atoms. The third-order valence-corrected chi connectivity index (χ3v) is 7.84. The molecule has 1 aromatic carbocycles. The number of hydrogen-bond donors (Lipinski definition) is 1. The Hall–Kier alpha value is -2.31. The zero-order valence-corrected chi connectivity index (χ0v) is 20.1. The number of allylic oxidation sites excluding steroid dienone is 2. The predicted octanol–water partition coefficient (Wildman–Crippen LogP) is 4.26.